The van der Waals surface area contributed by atoms with Gasteiger partial charge in [0.15, 0.2) is 11.5 Å². The first-order valence-corrected chi connectivity index (χ1v) is 12.8. The van der Waals surface area contributed by atoms with Crippen LogP contribution in [0.4, 0.5) is 0 Å². The second kappa shape index (κ2) is 11.5. The molecule has 0 spiro atoms. The summed E-state index contributed by atoms with van der Waals surface area (Å²) >= 11 is 6.27. The van der Waals surface area contributed by atoms with Gasteiger partial charge in [0, 0.05) is 24.3 Å². The molecule has 194 valence electrons. The molecular formula is C28H36ClN3O4. The van der Waals surface area contributed by atoms with E-state index < -0.39 is 5.60 Å². The van der Waals surface area contributed by atoms with Gasteiger partial charge in [0.2, 0.25) is 0 Å². The van der Waals surface area contributed by atoms with Crippen LogP contribution in [-0.2, 0) is 13.1 Å². The van der Waals surface area contributed by atoms with Gasteiger partial charge in [0.05, 0.1) is 19.9 Å². The Morgan fingerprint density at radius 1 is 1.08 bits per heavy atom. The van der Waals surface area contributed by atoms with Crippen molar-refractivity contribution >= 4 is 11.6 Å². The third kappa shape index (κ3) is 6.72. The van der Waals surface area contributed by atoms with Crippen LogP contribution >= 0.6 is 11.6 Å². The third-order valence-electron chi connectivity index (χ3n) is 6.53. The van der Waals surface area contributed by atoms with E-state index in [0.717, 1.165) is 46.0 Å². The molecule has 0 aliphatic carbocycles. The predicted molar refractivity (Wildman–Crippen MR) is 141 cm³/mol. The molecule has 7 nitrogen and oxygen atoms in total. The van der Waals surface area contributed by atoms with Gasteiger partial charge < -0.3 is 19.3 Å². The van der Waals surface area contributed by atoms with Crippen LogP contribution in [-0.4, -0.2) is 58.8 Å². The van der Waals surface area contributed by atoms with E-state index in [1.54, 1.807) is 7.11 Å². The van der Waals surface area contributed by atoms with Crippen LogP contribution in [0, 0.1) is 20.8 Å². The van der Waals surface area contributed by atoms with Crippen molar-refractivity contribution in [1.29, 1.82) is 0 Å². The van der Waals surface area contributed by atoms with E-state index >= 15 is 0 Å². The zero-order valence-corrected chi connectivity index (χ0v) is 22.3. The number of benzene rings is 2. The van der Waals surface area contributed by atoms with Crippen molar-refractivity contribution in [1.82, 2.24) is 14.7 Å². The summed E-state index contributed by atoms with van der Waals surface area (Å²) in [5, 5.41) is 16.3. The van der Waals surface area contributed by atoms with Crippen molar-refractivity contribution < 1.29 is 19.3 Å². The minimum atomic E-state index is -0.905. The number of aromatic nitrogens is 2. The zero-order chi connectivity index (χ0) is 25.7. The minimum Gasteiger partial charge on any atom is -0.493 e. The van der Waals surface area contributed by atoms with Crippen LogP contribution < -0.4 is 14.2 Å². The Balaban J connectivity index is 1.33. The Labute approximate surface area is 218 Å². The topological polar surface area (TPSA) is 69.0 Å². The Morgan fingerprint density at radius 3 is 2.56 bits per heavy atom. The van der Waals surface area contributed by atoms with Crippen molar-refractivity contribution in [3.8, 4) is 17.2 Å². The number of hydrogen-bond acceptors (Lipinski definition) is 6. The van der Waals surface area contributed by atoms with Gasteiger partial charge in [0.25, 0.3) is 0 Å². The van der Waals surface area contributed by atoms with E-state index in [4.69, 9.17) is 25.8 Å². The number of aliphatic hydroxyl groups is 1. The lowest BCUT2D eigenvalue weighted by Crippen LogP contribution is -2.51. The van der Waals surface area contributed by atoms with Crippen LogP contribution in [0.2, 0.25) is 5.02 Å². The predicted octanol–water partition coefficient (Wildman–Crippen LogP) is 4.96. The van der Waals surface area contributed by atoms with Gasteiger partial charge in [-0.05, 0) is 86.7 Å². The van der Waals surface area contributed by atoms with Crippen molar-refractivity contribution in [3.05, 3.63) is 70.0 Å². The fourth-order valence-electron chi connectivity index (χ4n) is 4.69. The van der Waals surface area contributed by atoms with E-state index in [0.29, 0.717) is 44.2 Å². The highest BCUT2D eigenvalue weighted by atomic mass is 35.5. The number of piperidine rings is 1. The van der Waals surface area contributed by atoms with Gasteiger partial charge in [-0.3, -0.25) is 9.58 Å². The minimum absolute atomic E-state index is 0.246. The maximum absolute atomic E-state index is 11.3. The third-order valence-corrected chi connectivity index (χ3v) is 7.12. The molecule has 0 radical (unpaired) electrons. The average molecular weight is 514 g/mol. The summed E-state index contributed by atoms with van der Waals surface area (Å²) in [6.07, 6.45) is 5.44. The number of hydrogen-bond donors (Lipinski definition) is 1. The van der Waals surface area contributed by atoms with Crippen molar-refractivity contribution in [3.63, 3.8) is 0 Å². The molecule has 1 aliphatic rings. The molecule has 1 N–H and O–H groups in total. The van der Waals surface area contributed by atoms with Crippen LogP contribution in [0.1, 0.15) is 35.1 Å². The van der Waals surface area contributed by atoms with E-state index in [-0.39, 0.29) is 6.61 Å². The highest BCUT2D eigenvalue weighted by molar-refractivity contribution is 6.32. The molecule has 8 heteroatoms. The van der Waals surface area contributed by atoms with Crippen LogP contribution in [0.5, 0.6) is 17.2 Å². The summed E-state index contributed by atoms with van der Waals surface area (Å²) in [4.78, 5) is 2.26. The first-order valence-electron chi connectivity index (χ1n) is 12.4. The summed E-state index contributed by atoms with van der Waals surface area (Å²) in [5.41, 5.74) is 3.28. The highest BCUT2D eigenvalue weighted by Gasteiger charge is 2.34. The second-order valence-corrected chi connectivity index (χ2v) is 10.2. The lowest BCUT2D eigenvalue weighted by molar-refractivity contribution is -0.0621. The molecule has 0 bridgehead atoms. The monoisotopic (exact) mass is 513 g/mol. The molecular weight excluding hydrogens is 478 g/mol. The molecule has 0 amide bonds. The molecule has 1 aromatic heterocycles. The van der Waals surface area contributed by atoms with Crippen molar-refractivity contribution in [2.45, 2.75) is 52.3 Å². The Bertz CT molecular complexity index is 1160. The normalized spacial score (nSPS) is 18.3. The maximum Gasteiger partial charge on any atom is 0.161 e. The number of β-amino-alcohol motifs (C(OH)–C–C–N with tert-alkyl or cyclic N) is 1. The molecule has 36 heavy (non-hydrogen) atoms. The lowest BCUT2D eigenvalue weighted by Gasteiger charge is -2.39. The Kier molecular flexibility index (Phi) is 8.44. The van der Waals surface area contributed by atoms with Crippen molar-refractivity contribution in [2.24, 2.45) is 0 Å². The van der Waals surface area contributed by atoms with E-state index in [1.807, 2.05) is 62.1 Å². The summed E-state index contributed by atoms with van der Waals surface area (Å²) < 4.78 is 19.4. The van der Waals surface area contributed by atoms with E-state index in [9.17, 15) is 5.11 Å². The first kappa shape index (κ1) is 26.3. The van der Waals surface area contributed by atoms with Gasteiger partial charge >= 0.3 is 0 Å². The second-order valence-electron chi connectivity index (χ2n) is 9.81. The molecule has 2 aromatic carbocycles. The first-order chi connectivity index (χ1) is 17.2. The van der Waals surface area contributed by atoms with E-state index in [2.05, 4.69) is 16.1 Å². The fourth-order valence-corrected chi connectivity index (χ4v) is 4.80. The summed E-state index contributed by atoms with van der Waals surface area (Å²) in [7, 11) is 1.65. The summed E-state index contributed by atoms with van der Waals surface area (Å²) in [6, 6.07) is 9.86. The maximum atomic E-state index is 11.3. The summed E-state index contributed by atoms with van der Waals surface area (Å²) in [6.45, 7) is 9.54. The quantitative estimate of drug-likeness (QED) is 0.413. The largest absolute Gasteiger partial charge is 0.493 e. The summed E-state index contributed by atoms with van der Waals surface area (Å²) in [5.74, 6) is 2.15. The van der Waals surface area contributed by atoms with Gasteiger partial charge in [-0.15, -0.1) is 0 Å². The number of methoxy groups -OCH3 is 1. The standard InChI is InChI=1S/C28H36ClN3O4/c1-20-15-30-32(16-20)10-11-35-25-7-6-23(14-26(25)34-4)17-31-9-5-8-28(33,18-31)19-36-24-12-21(2)27(29)22(3)13-24/h6-7,12-16,33H,5,8-11,17-19H2,1-4H3/t28-/m1/s1. The van der Waals surface area contributed by atoms with Crippen molar-refractivity contribution in [2.75, 3.05) is 33.4 Å². The zero-order valence-electron chi connectivity index (χ0n) is 21.6. The molecule has 0 unspecified atom stereocenters. The molecule has 2 heterocycles. The molecule has 3 aromatic rings. The van der Waals surface area contributed by atoms with Crippen LogP contribution in [0.3, 0.4) is 0 Å². The van der Waals surface area contributed by atoms with E-state index in [1.165, 1.54) is 0 Å². The Hall–Kier alpha value is -2.74. The van der Waals surface area contributed by atoms with Gasteiger partial charge in [-0.1, -0.05) is 17.7 Å². The Morgan fingerprint density at radius 2 is 1.86 bits per heavy atom. The van der Waals surface area contributed by atoms with Crippen LogP contribution in [0.15, 0.2) is 42.7 Å². The van der Waals surface area contributed by atoms with Gasteiger partial charge in [-0.25, -0.2) is 0 Å². The van der Waals surface area contributed by atoms with Crippen LogP contribution in [0.25, 0.3) is 0 Å². The number of rotatable bonds is 10. The molecule has 1 atom stereocenters. The number of ether oxygens (including phenoxy) is 3. The molecule has 1 aliphatic heterocycles. The number of nitrogens with zero attached hydrogens (tertiary/aromatic N) is 3. The molecule has 4 rings (SSSR count). The number of aryl methyl sites for hydroxylation is 3. The molecule has 0 saturated carbocycles. The SMILES string of the molecule is COc1cc(CN2CCC[C@](O)(COc3cc(C)c(Cl)c(C)c3)C2)ccc1OCCn1cc(C)cn1. The van der Waals surface area contributed by atoms with Gasteiger partial charge in [0.1, 0.15) is 24.6 Å². The van der Waals surface area contributed by atoms with Gasteiger partial charge in [-0.2, -0.15) is 5.10 Å². The highest BCUT2D eigenvalue weighted by Crippen LogP contribution is 2.31. The average Bonchev–Trinajstić information content (AvgIpc) is 3.27. The number of likely N-dealkylation sites (tertiary alicyclic amines) is 1. The molecule has 1 fully saturated rings. The molecule has 1 saturated heterocycles. The fraction of sp³-hybridized carbons (Fsp3) is 0.464. The number of halogens is 1. The smallest absolute Gasteiger partial charge is 0.161 e. The lowest BCUT2D eigenvalue weighted by atomic mass is 9.93.